The van der Waals surface area contributed by atoms with Crippen molar-refractivity contribution in [3.63, 3.8) is 0 Å². The van der Waals surface area contributed by atoms with Gasteiger partial charge in [0.1, 0.15) is 0 Å². The fraction of sp³-hybridized carbons (Fsp3) is 0.263. The predicted octanol–water partition coefficient (Wildman–Crippen LogP) is 3.20. The summed E-state index contributed by atoms with van der Waals surface area (Å²) in [5.41, 5.74) is 2.69. The Hall–Kier alpha value is -2.82. The summed E-state index contributed by atoms with van der Waals surface area (Å²) in [6, 6.07) is 16.3. The maximum atomic E-state index is 13.0. The largest absolute Gasteiger partial charge is 0.439 e. The van der Waals surface area contributed by atoms with E-state index in [-0.39, 0.29) is 5.91 Å². The number of anilines is 1. The Kier molecular flexibility index (Phi) is 4.51. The molecule has 3 rings (SSSR count). The van der Waals surface area contributed by atoms with E-state index in [2.05, 4.69) is 5.32 Å². The molecule has 0 aromatic heterocycles. The normalized spacial score (nSPS) is 19.5. The SMILES string of the molecule is CCN(C(=O)C1NC(=O)OC1c1ccccc1)c1cccc(C)c1. The highest BCUT2D eigenvalue weighted by Crippen LogP contribution is 2.29. The molecule has 5 heteroatoms. The standard InChI is InChI=1S/C19H20N2O3/c1-3-21(15-11-7-8-13(2)12-15)18(22)16-17(24-19(23)20-16)14-9-5-4-6-10-14/h4-12,16-17H,3H2,1-2H3,(H,20,23). The van der Waals surface area contributed by atoms with Crippen molar-refractivity contribution in [2.45, 2.75) is 26.0 Å². The van der Waals surface area contributed by atoms with Crippen molar-refractivity contribution in [1.82, 2.24) is 5.32 Å². The van der Waals surface area contributed by atoms with E-state index < -0.39 is 18.2 Å². The second-order valence-corrected chi connectivity index (χ2v) is 5.78. The molecule has 2 atom stereocenters. The molecular weight excluding hydrogens is 304 g/mol. The van der Waals surface area contributed by atoms with E-state index in [0.29, 0.717) is 6.54 Å². The summed E-state index contributed by atoms with van der Waals surface area (Å²) in [4.78, 5) is 26.5. The number of alkyl carbamates (subject to hydrolysis) is 1. The average Bonchev–Trinajstić information content (AvgIpc) is 2.98. The third kappa shape index (κ3) is 3.11. The van der Waals surface area contributed by atoms with Crippen LogP contribution < -0.4 is 10.2 Å². The van der Waals surface area contributed by atoms with Crippen LogP contribution in [0.1, 0.15) is 24.2 Å². The van der Waals surface area contributed by atoms with Gasteiger partial charge in [-0.05, 0) is 37.1 Å². The molecule has 0 saturated carbocycles. The molecule has 0 spiro atoms. The van der Waals surface area contributed by atoms with Crippen molar-refractivity contribution in [2.75, 3.05) is 11.4 Å². The number of nitrogens with one attached hydrogen (secondary N) is 1. The van der Waals surface area contributed by atoms with Crippen molar-refractivity contribution in [3.05, 3.63) is 65.7 Å². The van der Waals surface area contributed by atoms with Gasteiger partial charge >= 0.3 is 6.09 Å². The van der Waals surface area contributed by atoms with E-state index in [1.807, 2.05) is 68.4 Å². The lowest BCUT2D eigenvalue weighted by Gasteiger charge is -2.26. The molecular formula is C19H20N2O3. The molecule has 24 heavy (non-hydrogen) atoms. The quantitative estimate of drug-likeness (QED) is 0.939. The van der Waals surface area contributed by atoms with Crippen LogP contribution in [-0.4, -0.2) is 24.6 Å². The molecule has 2 unspecified atom stereocenters. The molecule has 1 heterocycles. The monoisotopic (exact) mass is 324 g/mol. The van der Waals surface area contributed by atoms with E-state index in [0.717, 1.165) is 16.8 Å². The minimum absolute atomic E-state index is 0.178. The molecule has 0 aliphatic carbocycles. The van der Waals surface area contributed by atoms with E-state index >= 15 is 0 Å². The molecule has 2 aromatic rings. The second-order valence-electron chi connectivity index (χ2n) is 5.78. The molecule has 0 bridgehead atoms. The van der Waals surface area contributed by atoms with Crippen LogP contribution in [0.4, 0.5) is 10.5 Å². The van der Waals surface area contributed by atoms with Crippen LogP contribution in [-0.2, 0) is 9.53 Å². The van der Waals surface area contributed by atoms with Crippen LogP contribution in [0.5, 0.6) is 0 Å². The van der Waals surface area contributed by atoms with Gasteiger partial charge in [0.15, 0.2) is 12.1 Å². The molecule has 2 amide bonds. The Morgan fingerprint density at radius 2 is 1.92 bits per heavy atom. The molecule has 1 N–H and O–H groups in total. The highest BCUT2D eigenvalue weighted by Gasteiger charge is 2.42. The summed E-state index contributed by atoms with van der Waals surface area (Å²) >= 11 is 0. The molecule has 0 radical (unpaired) electrons. The van der Waals surface area contributed by atoms with Gasteiger partial charge in [0.25, 0.3) is 5.91 Å². The van der Waals surface area contributed by atoms with E-state index in [9.17, 15) is 9.59 Å². The number of cyclic esters (lactones) is 1. The van der Waals surface area contributed by atoms with Crippen molar-refractivity contribution < 1.29 is 14.3 Å². The number of amides is 2. The number of aryl methyl sites for hydroxylation is 1. The van der Waals surface area contributed by atoms with E-state index in [4.69, 9.17) is 4.74 Å². The van der Waals surface area contributed by atoms with Crippen LogP contribution in [0.15, 0.2) is 54.6 Å². The van der Waals surface area contributed by atoms with Crippen LogP contribution in [0.25, 0.3) is 0 Å². The Balaban J connectivity index is 1.90. The first-order valence-electron chi connectivity index (χ1n) is 8.00. The third-order valence-corrected chi connectivity index (χ3v) is 4.10. The van der Waals surface area contributed by atoms with Crippen molar-refractivity contribution in [3.8, 4) is 0 Å². The zero-order valence-electron chi connectivity index (χ0n) is 13.7. The first-order valence-corrected chi connectivity index (χ1v) is 8.00. The summed E-state index contributed by atoms with van der Waals surface area (Å²) in [6.07, 6.45) is -1.19. The predicted molar refractivity (Wildman–Crippen MR) is 91.8 cm³/mol. The smallest absolute Gasteiger partial charge is 0.408 e. The molecule has 1 aliphatic heterocycles. The van der Waals surface area contributed by atoms with Crippen molar-refractivity contribution >= 4 is 17.7 Å². The van der Waals surface area contributed by atoms with Gasteiger partial charge in [-0.1, -0.05) is 42.5 Å². The Bertz CT molecular complexity index is 745. The van der Waals surface area contributed by atoms with Crippen LogP contribution in [0.3, 0.4) is 0 Å². The topological polar surface area (TPSA) is 58.6 Å². The fourth-order valence-corrected chi connectivity index (χ4v) is 2.94. The first kappa shape index (κ1) is 16.1. The van der Waals surface area contributed by atoms with Gasteiger partial charge < -0.3 is 15.0 Å². The van der Waals surface area contributed by atoms with Crippen molar-refractivity contribution in [1.29, 1.82) is 0 Å². The number of hydrogen-bond acceptors (Lipinski definition) is 3. The van der Waals surface area contributed by atoms with Crippen LogP contribution >= 0.6 is 0 Å². The molecule has 5 nitrogen and oxygen atoms in total. The lowest BCUT2D eigenvalue weighted by Crippen LogP contribution is -2.46. The molecule has 2 aromatic carbocycles. The maximum absolute atomic E-state index is 13.0. The number of carbonyl (C=O) groups excluding carboxylic acids is 2. The lowest BCUT2D eigenvalue weighted by atomic mass is 10.0. The highest BCUT2D eigenvalue weighted by molar-refractivity contribution is 6.00. The summed E-state index contributed by atoms with van der Waals surface area (Å²) < 4.78 is 5.34. The number of nitrogens with zero attached hydrogens (tertiary/aromatic N) is 1. The third-order valence-electron chi connectivity index (χ3n) is 4.10. The Labute approximate surface area is 141 Å². The summed E-state index contributed by atoms with van der Waals surface area (Å²) in [7, 11) is 0. The highest BCUT2D eigenvalue weighted by atomic mass is 16.6. The molecule has 1 aliphatic rings. The van der Waals surface area contributed by atoms with Gasteiger partial charge in [-0.15, -0.1) is 0 Å². The second kappa shape index (κ2) is 6.74. The van der Waals surface area contributed by atoms with E-state index in [1.54, 1.807) is 4.90 Å². The van der Waals surface area contributed by atoms with Crippen LogP contribution in [0.2, 0.25) is 0 Å². The van der Waals surface area contributed by atoms with E-state index in [1.165, 1.54) is 0 Å². The summed E-state index contributed by atoms with van der Waals surface area (Å²) in [5.74, 6) is -0.178. The van der Waals surface area contributed by atoms with Crippen LogP contribution in [0, 0.1) is 6.92 Å². The number of ether oxygens (including phenoxy) is 1. The minimum Gasteiger partial charge on any atom is -0.439 e. The van der Waals surface area contributed by atoms with Gasteiger partial charge in [0.05, 0.1) is 0 Å². The summed E-state index contributed by atoms with van der Waals surface area (Å²) in [6.45, 7) is 4.40. The number of likely N-dealkylation sites (N-methyl/N-ethyl adjacent to an activating group) is 1. The average molecular weight is 324 g/mol. The zero-order valence-corrected chi connectivity index (χ0v) is 13.7. The summed E-state index contributed by atoms with van der Waals surface area (Å²) in [5, 5.41) is 2.65. The first-order chi connectivity index (χ1) is 11.6. The number of benzene rings is 2. The molecule has 124 valence electrons. The molecule has 1 saturated heterocycles. The van der Waals surface area contributed by atoms with Gasteiger partial charge in [-0.25, -0.2) is 4.79 Å². The Morgan fingerprint density at radius 1 is 1.17 bits per heavy atom. The van der Waals surface area contributed by atoms with Gasteiger partial charge in [-0.2, -0.15) is 0 Å². The number of hydrogen-bond donors (Lipinski definition) is 1. The van der Waals surface area contributed by atoms with Gasteiger partial charge in [0, 0.05) is 12.2 Å². The maximum Gasteiger partial charge on any atom is 0.408 e. The Morgan fingerprint density at radius 3 is 2.58 bits per heavy atom. The lowest BCUT2D eigenvalue weighted by molar-refractivity contribution is -0.121. The number of rotatable bonds is 4. The minimum atomic E-state index is -0.736. The fourth-order valence-electron chi connectivity index (χ4n) is 2.94. The van der Waals surface area contributed by atoms with Gasteiger partial charge in [-0.3, -0.25) is 4.79 Å². The van der Waals surface area contributed by atoms with Crippen molar-refractivity contribution in [2.24, 2.45) is 0 Å². The van der Waals surface area contributed by atoms with Gasteiger partial charge in [0.2, 0.25) is 0 Å². The zero-order chi connectivity index (χ0) is 17.1. The molecule has 1 fully saturated rings. The number of carbonyl (C=O) groups is 2.